The third-order valence-electron chi connectivity index (χ3n) is 3.84. The molecule has 0 heterocycles. The summed E-state index contributed by atoms with van der Waals surface area (Å²) in [6.45, 7) is 7.95. The van der Waals surface area contributed by atoms with Crippen molar-refractivity contribution in [1.29, 1.82) is 0 Å². The lowest BCUT2D eigenvalue weighted by Crippen LogP contribution is -1.81. The molecule has 0 saturated heterocycles. The van der Waals surface area contributed by atoms with Crippen molar-refractivity contribution in [1.82, 2.24) is 0 Å². The maximum Gasteiger partial charge on any atom is 0.145 e. The summed E-state index contributed by atoms with van der Waals surface area (Å²) in [6.07, 6.45) is 12.4. The highest BCUT2D eigenvalue weighted by Crippen LogP contribution is 2.07. The molecule has 0 radical (unpaired) electrons. The first-order valence-electron chi connectivity index (χ1n) is 9.32. The maximum absolute atomic E-state index is 10.3. The Labute approximate surface area is 169 Å². The Morgan fingerprint density at radius 1 is 0.857 bits per heavy atom. The predicted molar refractivity (Wildman–Crippen MR) is 121 cm³/mol. The molecule has 2 aromatic carbocycles. The number of aliphatic hydroxyl groups is 1. The number of aldehydes is 1. The van der Waals surface area contributed by atoms with Crippen molar-refractivity contribution in [2.24, 2.45) is 0 Å². The van der Waals surface area contributed by atoms with E-state index in [1.807, 2.05) is 55.5 Å². The van der Waals surface area contributed by atoms with E-state index in [1.165, 1.54) is 16.7 Å². The van der Waals surface area contributed by atoms with E-state index in [-0.39, 0.29) is 6.61 Å². The van der Waals surface area contributed by atoms with Gasteiger partial charge in [-0.25, -0.2) is 0 Å². The van der Waals surface area contributed by atoms with E-state index >= 15 is 0 Å². The zero-order chi connectivity index (χ0) is 20.8. The molecular weight excluding hydrogens is 344 g/mol. The van der Waals surface area contributed by atoms with Gasteiger partial charge in [0.15, 0.2) is 0 Å². The molecule has 1 N–H and O–H groups in total. The molecule has 0 fully saturated rings. The topological polar surface area (TPSA) is 37.3 Å². The fraction of sp³-hybridized carbons (Fsp3) is 0.192. The minimum atomic E-state index is 0.123. The van der Waals surface area contributed by atoms with E-state index < -0.39 is 0 Å². The summed E-state index contributed by atoms with van der Waals surface area (Å²) in [5.74, 6) is 0. The second-order valence-electron chi connectivity index (χ2n) is 6.75. The summed E-state index contributed by atoms with van der Waals surface area (Å²) in [4.78, 5) is 10.3. The Bertz CT molecular complexity index is 868. The molecule has 0 bridgehead atoms. The van der Waals surface area contributed by atoms with Gasteiger partial charge in [0.1, 0.15) is 6.29 Å². The SMILES string of the molecule is C/C(=C\C=C\c1cccc(C)c1)CO.C/C(C=O)=C\C=C\c1cccc(C)c1. The Balaban J connectivity index is 0.000000280. The zero-order valence-electron chi connectivity index (χ0n) is 17.2. The fourth-order valence-electron chi connectivity index (χ4n) is 2.27. The standard InChI is InChI=1S/C13H16O.C13H14O/c2*1-11-5-3-7-13(9-11)8-4-6-12(2)10-14/h3-9,14H,10H2,1-2H3;3-10H,1-2H3/b2*8-4+,12-6+. The highest BCUT2D eigenvalue weighted by atomic mass is 16.3. The van der Waals surface area contributed by atoms with Crippen molar-refractivity contribution < 1.29 is 9.90 Å². The number of benzene rings is 2. The van der Waals surface area contributed by atoms with E-state index in [9.17, 15) is 4.79 Å². The van der Waals surface area contributed by atoms with Gasteiger partial charge in [0.05, 0.1) is 6.61 Å². The molecule has 0 aliphatic heterocycles. The van der Waals surface area contributed by atoms with Gasteiger partial charge in [-0.05, 0) is 50.0 Å². The van der Waals surface area contributed by atoms with E-state index in [0.29, 0.717) is 0 Å². The van der Waals surface area contributed by atoms with Crippen molar-refractivity contribution in [2.45, 2.75) is 27.7 Å². The second-order valence-corrected chi connectivity index (χ2v) is 6.75. The van der Waals surface area contributed by atoms with Gasteiger partial charge in [-0.1, -0.05) is 96.1 Å². The molecule has 0 atom stereocenters. The fourth-order valence-corrected chi connectivity index (χ4v) is 2.27. The van der Waals surface area contributed by atoms with Gasteiger partial charge < -0.3 is 5.11 Å². The van der Waals surface area contributed by atoms with Crippen molar-refractivity contribution in [3.8, 4) is 0 Å². The van der Waals surface area contributed by atoms with Gasteiger partial charge in [-0.15, -0.1) is 0 Å². The lowest BCUT2D eigenvalue weighted by atomic mass is 10.1. The first-order chi connectivity index (χ1) is 13.4. The number of hydrogen-bond donors (Lipinski definition) is 1. The molecule has 0 aliphatic rings. The molecule has 0 aliphatic carbocycles. The first-order valence-corrected chi connectivity index (χ1v) is 9.32. The number of hydrogen-bond acceptors (Lipinski definition) is 2. The van der Waals surface area contributed by atoms with Gasteiger partial charge in [-0.3, -0.25) is 4.79 Å². The minimum Gasteiger partial charge on any atom is -0.392 e. The number of allylic oxidation sites excluding steroid dienone is 5. The largest absolute Gasteiger partial charge is 0.392 e. The van der Waals surface area contributed by atoms with Crippen molar-refractivity contribution >= 4 is 18.4 Å². The minimum absolute atomic E-state index is 0.123. The number of rotatable bonds is 6. The van der Waals surface area contributed by atoms with Crippen molar-refractivity contribution in [2.75, 3.05) is 6.61 Å². The van der Waals surface area contributed by atoms with Crippen LogP contribution in [0, 0.1) is 13.8 Å². The van der Waals surface area contributed by atoms with Gasteiger partial charge in [-0.2, -0.15) is 0 Å². The molecule has 0 unspecified atom stereocenters. The van der Waals surface area contributed by atoms with Gasteiger partial charge in [0.25, 0.3) is 0 Å². The van der Waals surface area contributed by atoms with Gasteiger partial charge in [0.2, 0.25) is 0 Å². The summed E-state index contributed by atoms with van der Waals surface area (Å²) in [6, 6.07) is 16.5. The third kappa shape index (κ3) is 10.2. The normalized spacial score (nSPS) is 12.2. The molecule has 0 spiro atoms. The lowest BCUT2D eigenvalue weighted by molar-refractivity contribution is -0.104. The number of aliphatic hydroxyl groups excluding tert-OH is 1. The molecule has 0 amide bonds. The number of aryl methyl sites for hydroxylation is 2. The van der Waals surface area contributed by atoms with Crippen molar-refractivity contribution in [3.63, 3.8) is 0 Å². The molecular formula is C26H30O2. The van der Waals surface area contributed by atoms with Crippen molar-refractivity contribution in [3.05, 3.63) is 106 Å². The number of carbonyl (C=O) groups is 1. The van der Waals surface area contributed by atoms with Crippen LogP contribution in [0.3, 0.4) is 0 Å². The Hall–Kier alpha value is -2.97. The second kappa shape index (κ2) is 13.2. The van der Waals surface area contributed by atoms with Gasteiger partial charge >= 0.3 is 0 Å². The molecule has 0 aromatic heterocycles. The lowest BCUT2D eigenvalue weighted by Gasteiger charge is -1.94. The Morgan fingerprint density at radius 2 is 1.36 bits per heavy atom. The third-order valence-corrected chi connectivity index (χ3v) is 3.84. The Morgan fingerprint density at radius 3 is 1.79 bits per heavy atom. The monoisotopic (exact) mass is 374 g/mol. The smallest absolute Gasteiger partial charge is 0.145 e. The summed E-state index contributed by atoms with van der Waals surface area (Å²) < 4.78 is 0. The average molecular weight is 375 g/mol. The van der Waals surface area contributed by atoms with Crippen LogP contribution in [0.15, 0.2) is 84.0 Å². The van der Waals surface area contributed by atoms with Crippen LogP contribution < -0.4 is 0 Å². The molecule has 2 aromatic rings. The van der Waals surface area contributed by atoms with Crippen LogP contribution in [0.5, 0.6) is 0 Å². The summed E-state index contributed by atoms with van der Waals surface area (Å²) in [7, 11) is 0. The number of carbonyl (C=O) groups excluding carboxylic acids is 1. The van der Waals surface area contributed by atoms with Gasteiger partial charge in [0, 0.05) is 0 Å². The Kier molecular flexibility index (Phi) is 10.9. The maximum atomic E-state index is 10.3. The highest BCUT2D eigenvalue weighted by molar-refractivity contribution is 5.73. The van der Waals surface area contributed by atoms with Crippen LogP contribution in [0.4, 0.5) is 0 Å². The predicted octanol–water partition coefficient (Wildman–Crippen LogP) is 6.10. The van der Waals surface area contributed by atoms with Crippen LogP contribution in [-0.2, 0) is 4.79 Å². The quantitative estimate of drug-likeness (QED) is 0.377. The molecule has 2 rings (SSSR count). The summed E-state index contributed by atoms with van der Waals surface area (Å²) in [5.41, 5.74) is 6.54. The average Bonchev–Trinajstić information content (AvgIpc) is 2.68. The van der Waals surface area contributed by atoms with E-state index in [4.69, 9.17) is 5.11 Å². The van der Waals surface area contributed by atoms with Crippen LogP contribution in [0.2, 0.25) is 0 Å². The molecule has 146 valence electrons. The van der Waals surface area contributed by atoms with Crippen LogP contribution in [0.25, 0.3) is 12.2 Å². The first kappa shape index (κ1) is 23.1. The summed E-state index contributed by atoms with van der Waals surface area (Å²) >= 11 is 0. The molecule has 2 nitrogen and oxygen atoms in total. The zero-order valence-corrected chi connectivity index (χ0v) is 17.2. The van der Waals surface area contributed by atoms with Crippen LogP contribution >= 0.6 is 0 Å². The van der Waals surface area contributed by atoms with E-state index in [0.717, 1.165) is 23.0 Å². The molecule has 28 heavy (non-hydrogen) atoms. The van der Waals surface area contributed by atoms with E-state index in [1.54, 1.807) is 13.0 Å². The van der Waals surface area contributed by atoms with E-state index in [2.05, 4.69) is 44.2 Å². The van der Waals surface area contributed by atoms with Crippen LogP contribution in [-0.4, -0.2) is 18.0 Å². The molecule has 0 saturated carbocycles. The summed E-state index contributed by atoms with van der Waals surface area (Å²) in [5, 5.41) is 8.77. The molecule has 2 heteroatoms. The van der Waals surface area contributed by atoms with Crippen LogP contribution in [0.1, 0.15) is 36.1 Å². The highest BCUT2D eigenvalue weighted by Gasteiger charge is 1.87.